The molecule has 12 heavy (non-hydrogen) atoms. The average molecular weight is 160 g/mol. The Balaban J connectivity index is 3.12. The largest absolute Gasteiger partial charge is 0.321 e. The van der Waals surface area contributed by atoms with E-state index in [1.807, 2.05) is 12.1 Å². The Bertz CT molecular complexity index is 292. The van der Waals surface area contributed by atoms with Crippen LogP contribution in [0.4, 0.5) is 0 Å². The maximum Gasteiger partial charge on any atom is 0.0674 e. The molecule has 1 atom stereocenters. The van der Waals surface area contributed by atoms with Gasteiger partial charge in [-0.2, -0.15) is 0 Å². The van der Waals surface area contributed by atoms with Crippen LogP contribution in [0, 0.1) is 0 Å². The molecule has 62 valence electrons. The first-order valence-electron chi connectivity index (χ1n) is 3.75. The smallest absolute Gasteiger partial charge is 0.0674 e. The minimum Gasteiger partial charge on any atom is -0.321 e. The van der Waals surface area contributed by atoms with Gasteiger partial charge in [0.05, 0.1) is 5.69 Å². The lowest BCUT2D eigenvalue weighted by atomic mass is 10.1. The zero-order valence-corrected chi connectivity index (χ0v) is 6.90. The lowest BCUT2D eigenvalue weighted by Gasteiger charge is -2.08. The molecule has 0 bridgehead atoms. The van der Waals surface area contributed by atoms with Crippen molar-refractivity contribution in [2.45, 2.75) is 6.04 Å². The number of nitrogens with zero attached hydrogens (tertiary/aromatic N) is 1. The molecule has 1 aromatic heterocycles. The first kappa shape index (κ1) is 8.68. The van der Waals surface area contributed by atoms with Crippen LogP contribution in [0.15, 0.2) is 37.6 Å². The quantitative estimate of drug-likeness (QED) is 0.686. The topological polar surface area (TPSA) is 38.9 Å². The van der Waals surface area contributed by atoms with Crippen molar-refractivity contribution in [1.29, 1.82) is 0 Å². The van der Waals surface area contributed by atoms with Crippen molar-refractivity contribution in [3.05, 3.63) is 48.8 Å². The molecule has 0 aromatic carbocycles. The summed E-state index contributed by atoms with van der Waals surface area (Å²) in [6.45, 7) is 7.28. The standard InChI is InChI=1S/C10H12N2/c1-3-9(11)8-6-5-7-12-10(8)4-2/h3-7,9H,1-2,11H2/t9-/m1/s1. The van der Waals surface area contributed by atoms with Gasteiger partial charge in [0.25, 0.3) is 0 Å². The summed E-state index contributed by atoms with van der Waals surface area (Å²) in [6, 6.07) is 3.62. The van der Waals surface area contributed by atoms with Crippen LogP contribution in [-0.2, 0) is 0 Å². The van der Waals surface area contributed by atoms with Crippen molar-refractivity contribution < 1.29 is 0 Å². The fourth-order valence-corrected chi connectivity index (χ4v) is 1.01. The second kappa shape index (κ2) is 3.83. The zero-order valence-electron chi connectivity index (χ0n) is 6.90. The highest BCUT2D eigenvalue weighted by atomic mass is 14.7. The summed E-state index contributed by atoms with van der Waals surface area (Å²) < 4.78 is 0. The van der Waals surface area contributed by atoms with Crippen LogP contribution in [0.5, 0.6) is 0 Å². The molecular formula is C10H12N2. The van der Waals surface area contributed by atoms with Crippen molar-refractivity contribution in [3.8, 4) is 0 Å². The Morgan fingerprint density at radius 3 is 2.83 bits per heavy atom. The van der Waals surface area contributed by atoms with E-state index in [9.17, 15) is 0 Å². The van der Waals surface area contributed by atoms with Crippen LogP contribution < -0.4 is 5.73 Å². The highest BCUT2D eigenvalue weighted by Crippen LogP contribution is 2.14. The second-order valence-corrected chi connectivity index (χ2v) is 2.44. The van der Waals surface area contributed by atoms with E-state index in [0.29, 0.717) is 0 Å². The SMILES string of the molecule is C=Cc1ncccc1[C@H](N)C=C. The molecule has 0 amide bonds. The first-order chi connectivity index (χ1) is 5.79. The molecule has 1 aromatic rings. The van der Waals surface area contributed by atoms with Gasteiger partial charge in [0.2, 0.25) is 0 Å². The zero-order chi connectivity index (χ0) is 8.97. The van der Waals surface area contributed by atoms with Gasteiger partial charge in [-0.05, 0) is 17.7 Å². The maximum atomic E-state index is 5.76. The Hall–Kier alpha value is -1.41. The predicted molar refractivity (Wildman–Crippen MR) is 51.5 cm³/mol. The third-order valence-corrected chi connectivity index (χ3v) is 1.68. The van der Waals surface area contributed by atoms with Crippen molar-refractivity contribution >= 4 is 6.08 Å². The van der Waals surface area contributed by atoms with E-state index >= 15 is 0 Å². The average Bonchev–Trinajstić information content (AvgIpc) is 2.16. The molecule has 0 saturated carbocycles. The van der Waals surface area contributed by atoms with Gasteiger partial charge < -0.3 is 5.73 Å². The first-order valence-corrected chi connectivity index (χ1v) is 3.75. The Morgan fingerprint density at radius 1 is 1.50 bits per heavy atom. The lowest BCUT2D eigenvalue weighted by Crippen LogP contribution is -2.08. The maximum absolute atomic E-state index is 5.76. The molecule has 2 heteroatoms. The fraction of sp³-hybridized carbons (Fsp3) is 0.100. The molecule has 1 rings (SSSR count). The van der Waals surface area contributed by atoms with Gasteiger partial charge in [-0.25, -0.2) is 0 Å². The summed E-state index contributed by atoms with van der Waals surface area (Å²) in [6.07, 6.45) is 5.10. The summed E-state index contributed by atoms with van der Waals surface area (Å²) in [5.41, 5.74) is 7.55. The molecule has 0 radical (unpaired) electrons. The number of hydrogen-bond donors (Lipinski definition) is 1. The molecule has 0 unspecified atom stereocenters. The monoisotopic (exact) mass is 160 g/mol. The van der Waals surface area contributed by atoms with E-state index in [4.69, 9.17) is 5.73 Å². The van der Waals surface area contributed by atoms with E-state index in [0.717, 1.165) is 11.3 Å². The van der Waals surface area contributed by atoms with Gasteiger partial charge in [0.15, 0.2) is 0 Å². The van der Waals surface area contributed by atoms with E-state index in [2.05, 4.69) is 18.1 Å². The molecule has 1 heterocycles. The van der Waals surface area contributed by atoms with Gasteiger partial charge in [0.1, 0.15) is 0 Å². The van der Waals surface area contributed by atoms with Crippen LogP contribution in [0.1, 0.15) is 17.3 Å². The summed E-state index contributed by atoms with van der Waals surface area (Å²) in [4.78, 5) is 4.12. The third-order valence-electron chi connectivity index (χ3n) is 1.68. The Labute approximate surface area is 72.4 Å². The van der Waals surface area contributed by atoms with E-state index in [1.54, 1.807) is 18.3 Å². The molecule has 0 aliphatic heterocycles. The van der Waals surface area contributed by atoms with Gasteiger partial charge in [-0.15, -0.1) is 6.58 Å². The third kappa shape index (κ3) is 1.60. The Kier molecular flexibility index (Phi) is 2.77. The highest BCUT2D eigenvalue weighted by molar-refractivity contribution is 5.48. The molecule has 2 nitrogen and oxygen atoms in total. The number of hydrogen-bond acceptors (Lipinski definition) is 2. The Morgan fingerprint density at radius 2 is 2.25 bits per heavy atom. The molecule has 2 N–H and O–H groups in total. The molecule has 0 spiro atoms. The predicted octanol–water partition coefficient (Wildman–Crippen LogP) is 1.91. The second-order valence-electron chi connectivity index (χ2n) is 2.44. The van der Waals surface area contributed by atoms with Crippen molar-refractivity contribution in [1.82, 2.24) is 4.98 Å². The summed E-state index contributed by atoms with van der Waals surface area (Å²) in [5, 5.41) is 0. The van der Waals surface area contributed by atoms with E-state index in [1.165, 1.54) is 0 Å². The van der Waals surface area contributed by atoms with Crippen LogP contribution in [0.25, 0.3) is 6.08 Å². The molecular weight excluding hydrogens is 148 g/mol. The lowest BCUT2D eigenvalue weighted by molar-refractivity contribution is 0.899. The van der Waals surface area contributed by atoms with Crippen molar-refractivity contribution in [2.75, 3.05) is 0 Å². The summed E-state index contributed by atoms with van der Waals surface area (Å²) in [5.74, 6) is 0. The minimum atomic E-state index is -0.160. The number of rotatable bonds is 3. The van der Waals surface area contributed by atoms with Gasteiger partial charge in [-0.1, -0.05) is 18.7 Å². The van der Waals surface area contributed by atoms with Gasteiger partial charge >= 0.3 is 0 Å². The van der Waals surface area contributed by atoms with Crippen LogP contribution >= 0.6 is 0 Å². The van der Waals surface area contributed by atoms with Crippen molar-refractivity contribution in [2.24, 2.45) is 5.73 Å². The normalized spacial score (nSPS) is 12.1. The van der Waals surface area contributed by atoms with Crippen LogP contribution in [0.2, 0.25) is 0 Å². The van der Waals surface area contributed by atoms with Gasteiger partial charge in [-0.3, -0.25) is 4.98 Å². The fourth-order valence-electron chi connectivity index (χ4n) is 1.01. The minimum absolute atomic E-state index is 0.160. The molecule has 0 fully saturated rings. The summed E-state index contributed by atoms with van der Waals surface area (Å²) >= 11 is 0. The molecule has 0 saturated heterocycles. The van der Waals surface area contributed by atoms with E-state index < -0.39 is 0 Å². The van der Waals surface area contributed by atoms with Gasteiger partial charge in [0, 0.05) is 12.2 Å². The van der Waals surface area contributed by atoms with Crippen molar-refractivity contribution in [3.63, 3.8) is 0 Å². The van der Waals surface area contributed by atoms with Crippen LogP contribution in [-0.4, -0.2) is 4.98 Å². The van der Waals surface area contributed by atoms with Crippen LogP contribution in [0.3, 0.4) is 0 Å². The molecule has 0 aliphatic rings. The number of aromatic nitrogens is 1. The summed E-state index contributed by atoms with van der Waals surface area (Å²) in [7, 11) is 0. The molecule has 0 aliphatic carbocycles. The number of nitrogens with two attached hydrogens (primary N) is 1. The van der Waals surface area contributed by atoms with E-state index in [-0.39, 0.29) is 6.04 Å². The highest BCUT2D eigenvalue weighted by Gasteiger charge is 2.04. The number of pyridine rings is 1.